The van der Waals surface area contributed by atoms with E-state index in [2.05, 4.69) is 0 Å². The summed E-state index contributed by atoms with van der Waals surface area (Å²) in [6.07, 6.45) is 0.123. The summed E-state index contributed by atoms with van der Waals surface area (Å²) in [6, 6.07) is 13.5. The second kappa shape index (κ2) is 7.94. The van der Waals surface area contributed by atoms with Gasteiger partial charge in [0.1, 0.15) is 0 Å². The average Bonchev–Trinajstić information content (AvgIpc) is 3.03. The third-order valence-electron chi connectivity index (χ3n) is 5.88. The Kier molecular flexibility index (Phi) is 5.48. The molecule has 0 N–H and O–H groups in total. The van der Waals surface area contributed by atoms with E-state index in [-0.39, 0.29) is 23.1 Å². The van der Waals surface area contributed by atoms with Crippen LogP contribution < -0.4 is 4.90 Å². The molecule has 0 saturated carbocycles. The van der Waals surface area contributed by atoms with Crippen LogP contribution in [0, 0.1) is 13.8 Å². The normalized spacial score (nSPS) is 21.4. The van der Waals surface area contributed by atoms with E-state index in [0.29, 0.717) is 31.9 Å². The maximum atomic E-state index is 13.2. The molecule has 4 rings (SSSR count). The minimum atomic E-state index is -3.55. The van der Waals surface area contributed by atoms with Crippen LogP contribution in [0.25, 0.3) is 0 Å². The number of hydrogen-bond acceptors (Lipinski definition) is 5. The number of benzene rings is 2. The lowest BCUT2D eigenvalue weighted by atomic mass is 10.1. The summed E-state index contributed by atoms with van der Waals surface area (Å²) < 4.78 is 27.1. The third-order valence-corrected chi connectivity index (χ3v) is 7.79. The largest absolute Gasteiger partial charge is 0.289 e. The van der Waals surface area contributed by atoms with Crippen LogP contribution in [0.3, 0.4) is 0 Å². The van der Waals surface area contributed by atoms with Crippen molar-refractivity contribution < 1.29 is 18.0 Å². The molecule has 7 nitrogen and oxygen atoms in total. The molecule has 2 heterocycles. The number of para-hydroxylation sites is 1. The molecule has 0 unspecified atom stereocenters. The first kappa shape index (κ1) is 20.7. The van der Waals surface area contributed by atoms with Gasteiger partial charge >= 0.3 is 0 Å². The molecular formula is C22H25N3O4S. The van der Waals surface area contributed by atoms with Gasteiger partial charge in [0.25, 0.3) is 5.91 Å². The van der Waals surface area contributed by atoms with Crippen molar-refractivity contribution in [1.29, 1.82) is 0 Å². The van der Waals surface area contributed by atoms with Crippen LogP contribution in [0.4, 0.5) is 5.69 Å². The van der Waals surface area contributed by atoms with E-state index in [4.69, 9.17) is 0 Å². The fourth-order valence-electron chi connectivity index (χ4n) is 4.29. The molecule has 2 aliphatic rings. The number of carbonyl (C=O) groups excluding carboxylic acids is 2. The monoisotopic (exact) mass is 427 g/mol. The molecule has 8 heteroatoms. The predicted molar refractivity (Wildman–Crippen MR) is 114 cm³/mol. The fraction of sp³-hybridized carbons (Fsp3) is 0.364. The Hall–Kier alpha value is -2.55. The topological polar surface area (TPSA) is 78.0 Å². The van der Waals surface area contributed by atoms with Gasteiger partial charge in [0, 0.05) is 26.2 Å². The zero-order valence-electron chi connectivity index (χ0n) is 17.1. The molecule has 0 spiro atoms. The van der Waals surface area contributed by atoms with E-state index in [9.17, 15) is 18.0 Å². The lowest BCUT2D eigenvalue weighted by Gasteiger charge is -2.36. The number of hydrogen-bond donors (Lipinski definition) is 0. The van der Waals surface area contributed by atoms with E-state index in [0.717, 1.165) is 11.1 Å². The first-order chi connectivity index (χ1) is 14.3. The van der Waals surface area contributed by atoms with Crippen molar-refractivity contribution in [2.45, 2.75) is 31.2 Å². The highest BCUT2D eigenvalue weighted by Gasteiger charge is 2.44. The summed E-state index contributed by atoms with van der Waals surface area (Å²) in [5.41, 5.74) is 2.44. The van der Waals surface area contributed by atoms with Crippen LogP contribution in [0.1, 0.15) is 17.5 Å². The molecule has 158 valence electrons. The summed E-state index contributed by atoms with van der Waals surface area (Å²) in [7, 11) is -3.55. The van der Waals surface area contributed by atoms with E-state index >= 15 is 0 Å². The highest BCUT2D eigenvalue weighted by Crippen LogP contribution is 2.31. The van der Waals surface area contributed by atoms with Crippen LogP contribution >= 0.6 is 0 Å². The molecule has 2 amide bonds. The summed E-state index contributed by atoms with van der Waals surface area (Å²) >= 11 is 0. The van der Waals surface area contributed by atoms with Crippen LogP contribution in [0.15, 0.2) is 53.4 Å². The van der Waals surface area contributed by atoms with Crippen molar-refractivity contribution in [2.24, 2.45) is 0 Å². The number of imide groups is 1. The van der Waals surface area contributed by atoms with Crippen molar-refractivity contribution in [3.8, 4) is 0 Å². The predicted octanol–water partition coefficient (Wildman–Crippen LogP) is 1.94. The summed E-state index contributed by atoms with van der Waals surface area (Å²) in [6.45, 7) is 5.19. The van der Waals surface area contributed by atoms with Crippen molar-refractivity contribution in [3.05, 3.63) is 59.7 Å². The van der Waals surface area contributed by atoms with Crippen LogP contribution in [-0.4, -0.2) is 61.7 Å². The lowest BCUT2D eigenvalue weighted by molar-refractivity contribution is -0.123. The van der Waals surface area contributed by atoms with E-state index < -0.39 is 16.1 Å². The second-order valence-corrected chi connectivity index (χ2v) is 9.72. The Labute approximate surface area is 176 Å². The third kappa shape index (κ3) is 3.55. The second-order valence-electron chi connectivity index (χ2n) is 7.78. The molecule has 30 heavy (non-hydrogen) atoms. The number of nitrogens with zero attached hydrogens (tertiary/aromatic N) is 3. The molecule has 0 radical (unpaired) electrons. The van der Waals surface area contributed by atoms with Crippen molar-refractivity contribution in [1.82, 2.24) is 9.21 Å². The number of anilines is 1. The molecule has 2 aliphatic heterocycles. The minimum Gasteiger partial charge on any atom is -0.289 e. The van der Waals surface area contributed by atoms with Crippen LogP contribution in [0.2, 0.25) is 0 Å². The molecule has 2 fully saturated rings. The van der Waals surface area contributed by atoms with E-state index in [1.807, 2.05) is 36.9 Å². The van der Waals surface area contributed by atoms with Crippen LogP contribution in [-0.2, 0) is 19.6 Å². The summed E-state index contributed by atoms with van der Waals surface area (Å²) in [5, 5.41) is 0. The van der Waals surface area contributed by atoms with E-state index in [1.54, 1.807) is 30.3 Å². The fourth-order valence-corrected chi connectivity index (χ4v) is 5.73. The zero-order valence-corrected chi connectivity index (χ0v) is 17.9. The quantitative estimate of drug-likeness (QED) is 0.697. The Morgan fingerprint density at radius 1 is 0.833 bits per heavy atom. The molecule has 0 aliphatic carbocycles. The van der Waals surface area contributed by atoms with Gasteiger partial charge in [-0.05, 0) is 37.1 Å². The van der Waals surface area contributed by atoms with Crippen molar-refractivity contribution in [2.75, 3.05) is 31.1 Å². The highest BCUT2D eigenvalue weighted by molar-refractivity contribution is 7.89. The smallest absolute Gasteiger partial charge is 0.251 e. The van der Waals surface area contributed by atoms with Gasteiger partial charge in [0.15, 0.2) is 0 Å². The van der Waals surface area contributed by atoms with Gasteiger partial charge in [-0.2, -0.15) is 4.31 Å². The SMILES string of the molecule is Cc1cccc(C)c1N1C(=O)C[C@H](N2CCN(S(=O)(=O)c3ccccc3)CC2)C1=O. The maximum absolute atomic E-state index is 13.2. The molecule has 2 saturated heterocycles. The van der Waals surface area contributed by atoms with Gasteiger partial charge in [-0.3, -0.25) is 14.5 Å². The van der Waals surface area contributed by atoms with Gasteiger partial charge < -0.3 is 0 Å². The summed E-state index contributed by atoms with van der Waals surface area (Å²) in [5.74, 6) is -0.432. The number of aryl methyl sites for hydroxylation is 2. The highest BCUT2D eigenvalue weighted by atomic mass is 32.2. The number of carbonyl (C=O) groups is 2. The molecule has 0 aromatic heterocycles. The Morgan fingerprint density at radius 2 is 1.43 bits per heavy atom. The Morgan fingerprint density at radius 3 is 2.03 bits per heavy atom. The van der Waals surface area contributed by atoms with Crippen molar-refractivity contribution in [3.63, 3.8) is 0 Å². The zero-order chi connectivity index (χ0) is 21.5. The maximum Gasteiger partial charge on any atom is 0.251 e. The Bertz CT molecular complexity index is 1060. The van der Waals surface area contributed by atoms with Crippen LogP contribution in [0.5, 0.6) is 0 Å². The molecule has 2 aromatic rings. The minimum absolute atomic E-state index is 0.123. The molecule has 1 atom stereocenters. The number of sulfonamides is 1. The Balaban J connectivity index is 1.48. The first-order valence-electron chi connectivity index (χ1n) is 10.0. The van der Waals surface area contributed by atoms with Gasteiger partial charge in [0.2, 0.25) is 15.9 Å². The summed E-state index contributed by atoms with van der Waals surface area (Å²) in [4.78, 5) is 29.4. The van der Waals surface area contributed by atoms with E-state index in [1.165, 1.54) is 9.21 Å². The van der Waals surface area contributed by atoms with Gasteiger partial charge in [-0.15, -0.1) is 0 Å². The van der Waals surface area contributed by atoms with Gasteiger partial charge in [-0.1, -0.05) is 36.4 Å². The average molecular weight is 428 g/mol. The first-order valence-corrected chi connectivity index (χ1v) is 11.5. The lowest BCUT2D eigenvalue weighted by Crippen LogP contribution is -2.53. The molecular weight excluding hydrogens is 402 g/mol. The van der Waals surface area contributed by atoms with Gasteiger partial charge in [-0.25, -0.2) is 13.3 Å². The van der Waals surface area contributed by atoms with Crippen molar-refractivity contribution >= 4 is 27.5 Å². The number of amides is 2. The number of rotatable bonds is 4. The number of piperazine rings is 1. The molecule has 0 bridgehead atoms. The molecule has 2 aromatic carbocycles. The standard InChI is InChI=1S/C22H25N3O4S/c1-16-7-6-8-17(2)21(16)25-20(26)15-19(22(25)27)23-11-13-24(14-12-23)30(28,29)18-9-4-3-5-10-18/h3-10,19H,11-15H2,1-2H3/t19-/m0/s1. The van der Waals surface area contributed by atoms with Gasteiger partial charge in [0.05, 0.1) is 23.0 Å².